The fraction of sp³-hybridized carbons (Fsp3) is 0.333. The SMILES string of the molecule is CCOc1ccc(N2CC(c3ccccc3)C2)cc1CO. The Kier molecular flexibility index (Phi) is 4.11. The van der Waals surface area contributed by atoms with E-state index in [0.717, 1.165) is 30.1 Å². The zero-order valence-corrected chi connectivity index (χ0v) is 12.3. The summed E-state index contributed by atoms with van der Waals surface area (Å²) in [7, 11) is 0. The molecule has 0 aliphatic carbocycles. The van der Waals surface area contributed by atoms with Gasteiger partial charge < -0.3 is 14.7 Å². The number of hydrogen-bond acceptors (Lipinski definition) is 3. The highest BCUT2D eigenvalue weighted by molar-refractivity contribution is 5.56. The quantitative estimate of drug-likeness (QED) is 0.915. The average molecular weight is 283 g/mol. The third-order valence-electron chi connectivity index (χ3n) is 4.03. The maximum absolute atomic E-state index is 9.47. The van der Waals surface area contributed by atoms with Gasteiger partial charge in [-0.25, -0.2) is 0 Å². The van der Waals surface area contributed by atoms with E-state index in [1.807, 2.05) is 19.1 Å². The molecular weight excluding hydrogens is 262 g/mol. The van der Waals surface area contributed by atoms with Crippen LogP contribution < -0.4 is 9.64 Å². The van der Waals surface area contributed by atoms with E-state index in [0.29, 0.717) is 12.5 Å². The van der Waals surface area contributed by atoms with Crippen LogP contribution in [0.5, 0.6) is 5.75 Å². The molecule has 1 fully saturated rings. The van der Waals surface area contributed by atoms with Crippen LogP contribution in [-0.4, -0.2) is 24.8 Å². The topological polar surface area (TPSA) is 32.7 Å². The number of anilines is 1. The third kappa shape index (κ3) is 2.88. The van der Waals surface area contributed by atoms with Crippen LogP contribution in [0.25, 0.3) is 0 Å². The smallest absolute Gasteiger partial charge is 0.124 e. The molecule has 2 aromatic rings. The van der Waals surface area contributed by atoms with E-state index in [4.69, 9.17) is 4.74 Å². The van der Waals surface area contributed by atoms with Crippen molar-refractivity contribution in [1.82, 2.24) is 0 Å². The van der Waals surface area contributed by atoms with E-state index in [2.05, 4.69) is 41.3 Å². The lowest BCUT2D eigenvalue weighted by atomic mass is 9.91. The average Bonchev–Trinajstić information content (AvgIpc) is 2.48. The molecule has 1 aliphatic rings. The van der Waals surface area contributed by atoms with Gasteiger partial charge in [0.25, 0.3) is 0 Å². The molecule has 3 heteroatoms. The van der Waals surface area contributed by atoms with Crippen molar-refractivity contribution in [2.24, 2.45) is 0 Å². The molecule has 0 unspecified atom stereocenters. The predicted octanol–water partition coefficient (Wildman–Crippen LogP) is 3.18. The van der Waals surface area contributed by atoms with Crippen LogP contribution >= 0.6 is 0 Å². The Morgan fingerprint density at radius 2 is 1.90 bits per heavy atom. The molecule has 0 radical (unpaired) electrons. The summed E-state index contributed by atoms with van der Waals surface area (Å²) in [5.74, 6) is 1.39. The van der Waals surface area contributed by atoms with Gasteiger partial charge in [0, 0.05) is 30.3 Å². The number of ether oxygens (including phenoxy) is 1. The van der Waals surface area contributed by atoms with Crippen molar-refractivity contribution in [3.05, 3.63) is 59.7 Å². The lowest BCUT2D eigenvalue weighted by Crippen LogP contribution is -2.45. The van der Waals surface area contributed by atoms with E-state index in [1.165, 1.54) is 5.56 Å². The molecule has 0 bridgehead atoms. The Morgan fingerprint density at radius 1 is 1.14 bits per heavy atom. The molecule has 0 saturated carbocycles. The van der Waals surface area contributed by atoms with Gasteiger partial charge in [-0.15, -0.1) is 0 Å². The monoisotopic (exact) mass is 283 g/mol. The number of aliphatic hydroxyl groups excluding tert-OH is 1. The van der Waals surface area contributed by atoms with Gasteiger partial charge in [0.2, 0.25) is 0 Å². The maximum atomic E-state index is 9.47. The predicted molar refractivity (Wildman–Crippen MR) is 84.9 cm³/mol. The Hall–Kier alpha value is -2.00. The second kappa shape index (κ2) is 6.19. The standard InChI is InChI=1S/C18H21NO2/c1-2-21-18-9-8-17(10-15(18)13-20)19-11-16(12-19)14-6-4-3-5-7-14/h3-10,16,20H,2,11-13H2,1H3. The Bertz CT molecular complexity index is 591. The van der Waals surface area contributed by atoms with Gasteiger partial charge in [-0.2, -0.15) is 0 Å². The molecule has 1 aliphatic heterocycles. The van der Waals surface area contributed by atoms with E-state index in [1.54, 1.807) is 0 Å². The van der Waals surface area contributed by atoms with E-state index < -0.39 is 0 Å². The van der Waals surface area contributed by atoms with Crippen molar-refractivity contribution in [2.45, 2.75) is 19.4 Å². The molecule has 3 rings (SSSR count). The zero-order chi connectivity index (χ0) is 14.7. The van der Waals surface area contributed by atoms with Gasteiger partial charge in [0.15, 0.2) is 0 Å². The molecule has 0 atom stereocenters. The summed E-state index contributed by atoms with van der Waals surface area (Å²) in [6, 6.07) is 16.7. The van der Waals surface area contributed by atoms with Gasteiger partial charge in [0.1, 0.15) is 5.75 Å². The van der Waals surface area contributed by atoms with Gasteiger partial charge >= 0.3 is 0 Å². The summed E-state index contributed by atoms with van der Waals surface area (Å²) >= 11 is 0. The first-order valence-electron chi connectivity index (χ1n) is 7.48. The molecule has 1 saturated heterocycles. The van der Waals surface area contributed by atoms with Crippen molar-refractivity contribution in [3.63, 3.8) is 0 Å². The second-order valence-electron chi connectivity index (χ2n) is 5.40. The maximum Gasteiger partial charge on any atom is 0.124 e. The molecule has 0 spiro atoms. The first-order chi connectivity index (χ1) is 10.3. The molecule has 2 aromatic carbocycles. The lowest BCUT2D eigenvalue weighted by molar-refractivity contribution is 0.267. The number of hydrogen-bond donors (Lipinski definition) is 1. The van der Waals surface area contributed by atoms with Gasteiger partial charge in [-0.3, -0.25) is 0 Å². The normalized spacial score (nSPS) is 14.9. The Morgan fingerprint density at radius 3 is 2.57 bits per heavy atom. The summed E-state index contributed by atoms with van der Waals surface area (Å²) in [5.41, 5.74) is 3.43. The fourth-order valence-electron chi connectivity index (χ4n) is 2.81. The Balaban J connectivity index is 1.69. The van der Waals surface area contributed by atoms with Gasteiger partial charge in [-0.05, 0) is 30.7 Å². The summed E-state index contributed by atoms with van der Waals surface area (Å²) in [5, 5.41) is 9.47. The minimum atomic E-state index is 0.0130. The third-order valence-corrected chi connectivity index (χ3v) is 4.03. The van der Waals surface area contributed by atoms with Crippen LogP contribution in [-0.2, 0) is 6.61 Å². The molecular formula is C18H21NO2. The van der Waals surface area contributed by atoms with Crippen molar-refractivity contribution in [3.8, 4) is 5.75 Å². The fourth-order valence-corrected chi connectivity index (χ4v) is 2.81. The highest BCUT2D eigenvalue weighted by Crippen LogP contribution is 2.33. The summed E-state index contributed by atoms with van der Waals surface area (Å²) in [4.78, 5) is 2.34. The van der Waals surface area contributed by atoms with Crippen LogP contribution in [0.1, 0.15) is 24.0 Å². The number of rotatable bonds is 5. The van der Waals surface area contributed by atoms with Gasteiger partial charge in [0.05, 0.1) is 13.2 Å². The first-order valence-corrected chi connectivity index (χ1v) is 7.48. The second-order valence-corrected chi connectivity index (χ2v) is 5.40. The van der Waals surface area contributed by atoms with E-state index in [-0.39, 0.29) is 6.61 Å². The van der Waals surface area contributed by atoms with Crippen molar-refractivity contribution < 1.29 is 9.84 Å². The summed E-state index contributed by atoms with van der Waals surface area (Å²) in [6.45, 7) is 4.64. The minimum Gasteiger partial charge on any atom is -0.494 e. The summed E-state index contributed by atoms with van der Waals surface area (Å²) < 4.78 is 5.53. The number of benzene rings is 2. The van der Waals surface area contributed by atoms with Crippen molar-refractivity contribution in [1.29, 1.82) is 0 Å². The van der Waals surface area contributed by atoms with Crippen LogP contribution in [0.4, 0.5) is 5.69 Å². The zero-order valence-electron chi connectivity index (χ0n) is 12.3. The molecule has 1 N–H and O–H groups in total. The van der Waals surface area contributed by atoms with Crippen LogP contribution in [0, 0.1) is 0 Å². The first kappa shape index (κ1) is 14.0. The lowest BCUT2D eigenvalue weighted by Gasteiger charge is -2.41. The van der Waals surface area contributed by atoms with E-state index >= 15 is 0 Å². The number of aliphatic hydroxyl groups is 1. The van der Waals surface area contributed by atoms with Gasteiger partial charge in [-0.1, -0.05) is 30.3 Å². The minimum absolute atomic E-state index is 0.0130. The molecule has 1 heterocycles. The number of nitrogens with zero attached hydrogens (tertiary/aromatic N) is 1. The van der Waals surface area contributed by atoms with Crippen molar-refractivity contribution in [2.75, 3.05) is 24.6 Å². The molecule has 0 aromatic heterocycles. The van der Waals surface area contributed by atoms with Crippen LogP contribution in [0.2, 0.25) is 0 Å². The Labute approximate surface area is 125 Å². The highest BCUT2D eigenvalue weighted by Gasteiger charge is 2.28. The van der Waals surface area contributed by atoms with Crippen molar-refractivity contribution >= 4 is 5.69 Å². The van der Waals surface area contributed by atoms with Crippen LogP contribution in [0.3, 0.4) is 0 Å². The largest absolute Gasteiger partial charge is 0.494 e. The van der Waals surface area contributed by atoms with Crippen LogP contribution in [0.15, 0.2) is 48.5 Å². The molecule has 3 nitrogen and oxygen atoms in total. The highest BCUT2D eigenvalue weighted by atomic mass is 16.5. The molecule has 0 amide bonds. The van der Waals surface area contributed by atoms with E-state index in [9.17, 15) is 5.11 Å². The molecule has 21 heavy (non-hydrogen) atoms. The molecule has 110 valence electrons. The summed E-state index contributed by atoms with van der Waals surface area (Å²) in [6.07, 6.45) is 0.